The molecule has 3 nitrogen and oxygen atoms in total. The summed E-state index contributed by atoms with van der Waals surface area (Å²) in [7, 11) is 0. The number of hydroxylamine groups is 2. The standard InChI is InChI=1S/C14H21NO2/c1-14(2,3)17-12-9-10-15(16)13(12)11-7-5-4-6-8-11/h4-8,12-13,16H,9-10H2,1-3H3/t12-,13+/m0/s1. The van der Waals surface area contributed by atoms with Gasteiger partial charge in [0.05, 0.1) is 17.7 Å². The molecule has 0 bridgehead atoms. The zero-order valence-corrected chi connectivity index (χ0v) is 10.8. The maximum atomic E-state index is 9.96. The van der Waals surface area contributed by atoms with E-state index < -0.39 is 0 Å². The summed E-state index contributed by atoms with van der Waals surface area (Å²) in [5.74, 6) is 0. The molecular weight excluding hydrogens is 214 g/mol. The van der Waals surface area contributed by atoms with E-state index in [1.165, 1.54) is 5.06 Å². The highest BCUT2D eigenvalue weighted by molar-refractivity contribution is 5.21. The molecule has 0 aromatic heterocycles. The molecule has 0 spiro atoms. The molecule has 0 aliphatic carbocycles. The molecule has 3 heteroatoms. The van der Waals surface area contributed by atoms with Gasteiger partial charge in [0, 0.05) is 6.54 Å². The van der Waals surface area contributed by atoms with Gasteiger partial charge in [0.15, 0.2) is 0 Å². The van der Waals surface area contributed by atoms with Crippen LogP contribution in [0.3, 0.4) is 0 Å². The van der Waals surface area contributed by atoms with Crippen molar-refractivity contribution < 1.29 is 9.94 Å². The Morgan fingerprint density at radius 2 is 1.88 bits per heavy atom. The van der Waals surface area contributed by atoms with Crippen molar-refractivity contribution in [1.82, 2.24) is 5.06 Å². The normalized spacial score (nSPS) is 26.4. The van der Waals surface area contributed by atoms with Gasteiger partial charge >= 0.3 is 0 Å². The molecule has 1 aromatic carbocycles. The third-order valence-electron chi connectivity index (χ3n) is 2.96. The van der Waals surface area contributed by atoms with Crippen molar-refractivity contribution in [2.45, 2.75) is 44.9 Å². The molecule has 1 fully saturated rings. The van der Waals surface area contributed by atoms with E-state index in [4.69, 9.17) is 4.74 Å². The quantitative estimate of drug-likeness (QED) is 0.855. The SMILES string of the molecule is CC(C)(C)O[C@H]1CCN(O)[C@@H]1c1ccccc1. The van der Waals surface area contributed by atoms with Gasteiger partial charge < -0.3 is 9.94 Å². The van der Waals surface area contributed by atoms with Gasteiger partial charge in [-0.3, -0.25) is 0 Å². The van der Waals surface area contributed by atoms with Crippen LogP contribution in [0, 0.1) is 0 Å². The molecule has 1 heterocycles. The Hall–Kier alpha value is -0.900. The van der Waals surface area contributed by atoms with E-state index in [-0.39, 0.29) is 17.7 Å². The van der Waals surface area contributed by atoms with Crippen molar-refractivity contribution in [3.05, 3.63) is 35.9 Å². The summed E-state index contributed by atoms with van der Waals surface area (Å²) in [6.45, 7) is 6.82. The fraction of sp³-hybridized carbons (Fsp3) is 0.571. The van der Waals surface area contributed by atoms with E-state index in [0.717, 1.165) is 12.0 Å². The van der Waals surface area contributed by atoms with E-state index in [1.54, 1.807) is 0 Å². The van der Waals surface area contributed by atoms with Gasteiger partial charge in [-0.15, -0.1) is 0 Å². The summed E-state index contributed by atoms with van der Waals surface area (Å²) in [5.41, 5.74) is 0.935. The fourth-order valence-corrected chi connectivity index (χ4v) is 2.36. The highest BCUT2D eigenvalue weighted by atomic mass is 16.5. The molecule has 1 aliphatic heterocycles. The number of nitrogens with zero attached hydrogens (tertiary/aromatic N) is 1. The van der Waals surface area contributed by atoms with E-state index in [1.807, 2.05) is 30.3 Å². The first kappa shape index (κ1) is 12.6. The lowest BCUT2D eigenvalue weighted by molar-refractivity contribution is -0.143. The number of hydrogen-bond acceptors (Lipinski definition) is 3. The molecule has 1 aliphatic rings. The minimum atomic E-state index is -0.178. The molecule has 2 rings (SSSR count). The highest BCUT2D eigenvalue weighted by Gasteiger charge is 2.37. The lowest BCUT2D eigenvalue weighted by atomic mass is 10.0. The van der Waals surface area contributed by atoms with Crippen LogP contribution in [0.1, 0.15) is 38.8 Å². The van der Waals surface area contributed by atoms with Crippen LogP contribution in [0.25, 0.3) is 0 Å². The number of hydrogen-bond donors (Lipinski definition) is 1. The van der Waals surface area contributed by atoms with Crippen molar-refractivity contribution in [3.63, 3.8) is 0 Å². The molecule has 1 aromatic rings. The Bertz CT molecular complexity index is 358. The van der Waals surface area contributed by atoms with Crippen LogP contribution in [0.4, 0.5) is 0 Å². The first-order valence-corrected chi connectivity index (χ1v) is 6.16. The lowest BCUT2D eigenvalue weighted by Gasteiger charge is -2.30. The summed E-state index contributed by atoms with van der Waals surface area (Å²) in [5, 5.41) is 11.4. The highest BCUT2D eigenvalue weighted by Crippen LogP contribution is 2.34. The predicted octanol–water partition coefficient (Wildman–Crippen LogP) is 3.01. The summed E-state index contributed by atoms with van der Waals surface area (Å²) >= 11 is 0. The maximum absolute atomic E-state index is 9.96. The van der Waals surface area contributed by atoms with E-state index >= 15 is 0 Å². The minimum Gasteiger partial charge on any atom is -0.370 e. The molecule has 0 unspecified atom stereocenters. The first-order chi connectivity index (χ1) is 7.97. The maximum Gasteiger partial charge on any atom is 0.0862 e. The summed E-state index contributed by atoms with van der Waals surface area (Å²) in [6.07, 6.45) is 0.926. The molecule has 17 heavy (non-hydrogen) atoms. The van der Waals surface area contributed by atoms with Crippen molar-refractivity contribution in [1.29, 1.82) is 0 Å². The van der Waals surface area contributed by atoms with Crippen molar-refractivity contribution >= 4 is 0 Å². The van der Waals surface area contributed by atoms with Gasteiger partial charge in [-0.25, -0.2) is 0 Å². The van der Waals surface area contributed by atoms with E-state index in [0.29, 0.717) is 6.54 Å². The third kappa shape index (κ3) is 3.06. The molecule has 1 saturated heterocycles. The lowest BCUT2D eigenvalue weighted by Crippen LogP contribution is -2.32. The molecular formula is C14H21NO2. The van der Waals surface area contributed by atoms with E-state index in [2.05, 4.69) is 20.8 Å². The molecule has 0 saturated carbocycles. The van der Waals surface area contributed by atoms with Crippen LogP contribution >= 0.6 is 0 Å². The topological polar surface area (TPSA) is 32.7 Å². The van der Waals surface area contributed by atoms with Gasteiger partial charge in [-0.2, -0.15) is 5.06 Å². The third-order valence-corrected chi connectivity index (χ3v) is 2.96. The van der Waals surface area contributed by atoms with Gasteiger partial charge in [0.1, 0.15) is 0 Å². The van der Waals surface area contributed by atoms with Crippen LogP contribution in [0.15, 0.2) is 30.3 Å². The second-order valence-corrected chi connectivity index (χ2v) is 5.58. The zero-order valence-electron chi connectivity index (χ0n) is 10.8. The molecule has 0 radical (unpaired) electrons. The molecule has 1 N–H and O–H groups in total. The van der Waals surface area contributed by atoms with Crippen molar-refractivity contribution in [2.75, 3.05) is 6.54 Å². The van der Waals surface area contributed by atoms with Crippen molar-refractivity contribution in [2.24, 2.45) is 0 Å². The smallest absolute Gasteiger partial charge is 0.0862 e. The van der Waals surface area contributed by atoms with Crippen molar-refractivity contribution in [3.8, 4) is 0 Å². The average Bonchev–Trinajstić information content (AvgIpc) is 2.58. The fourth-order valence-electron chi connectivity index (χ4n) is 2.36. The van der Waals surface area contributed by atoms with E-state index in [9.17, 15) is 5.21 Å². The second kappa shape index (κ2) is 4.77. The van der Waals surface area contributed by atoms with Crippen LogP contribution in [0.2, 0.25) is 0 Å². The molecule has 0 amide bonds. The zero-order chi connectivity index (χ0) is 12.5. The second-order valence-electron chi connectivity index (χ2n) is 5.58. The predicted molar refractivity (Wildman–Crippen MR) is 66.9 cm³/mol. The Morgan fingerprint density at radius 3 is 2.47 bits per heavy atom. The monoisotopic (exact) mass is 235 g/mol. The van der Waals surface area contributed by atoms with Crippen LogP contribution in [-0.2, 0) is 4.74 Å². The Balaban J connectivity index is 2.18. The van der Waals surface area contributed by atoms with Crippen LogP contribution in [0.5, 0.6) is 0 Å². The Kier molecular flexibility index (Phi) is 3.52. The Labute approximate surface area is 103 Å². The van der Waals surface area contributed by atoms with Gasteiger partial charge in [-0.05, 0) is 32.8 Å². The number of rotatable bonds is 2. The molecule has 94 valence electrons. The average molecular weight is 235 g/mol. The van der Waals surface area contributed by atoms with Crippen LogP contribution in [-0.4, -0.2) is 28.5 Å². The number of ether oxygens (including phenoxy) is 1. The summed E-state index contributed by atoms with van der Waals surface area (Å²) in [4.78, 5) is 0. The number of benzene rings is 1. The first-order valence-electron chi connectivity index (χ1n) is 6.16. The largest absolute Gasteiger partial charge is 0.370 e. The summed E-state index contributed by atoms with van der Waals surface area (Å²) < 4.78 is 6.03. The van der Waals surface area contributed by atoms with Gasteiger partial charge in [0.2, 0.25) is 0 Å². The Morgan fingerprint density at radius 1 is 1.24 bits per heavy atom. The molecule has 2 atom stereocenters. The van der Waals surface area contributed by atoms with Crippen LogP contribution < -0.4 is 0 Å². The van der Waals surface area contributed by atoms with Gasteiger partial charge in [0.25, 0.3) is 0 Å². The minimum absolute atomic E-state index is 0.0459. The summed E-state index contributed by atoms with van der Waals surface area (Å²) in [6, 6.07) is 10.0. The van der Waals surface area contributed by atoms with Gasteiger partial charge in [-0.1, -0.05) is 30.3 Å².